The fraction of sp³-hybridized carbons (Fsp3) is 0.417. The quantitative estimate of drug-likeness (QED) is 0.729. The summed E-state index contributed by atoms with van der Waals surface area (Å²) < 4.78 is 0.833. The highest BCUT2D eigenvalue weighted by Crippen LogP contribution is 2.13. The summed E-state index contributed by atoms with van der Waals surface area (Å²) in [6, 6.07) is 0.687. The zero-order valence-corrected chi connectivity index (χ0v) is 10.9. The van der Waals surface area contributed by atoms with E-state index in [1.54, 1.807) is 13.8 Å². The van der Waals surface area contributed by atoms with E-state index in [1.807, 2.05) is 0 Å². The molecule has 0 aliphatic heterocycles. The van der Waals surface area contributed by atoms with E-state index in [-0.39, 0.29) is 6.04 Å². The first-order chi connectivity index (χ1) is 8.73. The van der Waals surface area contributed by atoms with Gasteiger partial charge in [0.1, 0.15) is 17.5 Å². The van der Waals surface area contributed by atoms with Gasteiger partial charge in [-0.1, -0.05) is 0 Å². The van der Waals surface area contributed by atoms with Gasteiger partial charge in [0.2, 0.25) is 5.91 Å². The summed E-state index contributed by atoms with van der Waals surface area (Å²) in [7, 11) is 0. The Kier molecular flexibility index (Phi) is 4.31. The van der Waals surface area contributed by atoms with Crippen LogP contribution in [0.2, 0.25) is 0 Å². The van der Waals surface area contributed by atoms with Gasteiger partial charge in [-0.3, -0.25) is 14.2 Å². The van der Waals surface area contributed by atoms with Crippen molar-refractivity contribution in [3.63, 3.8) is 0 Å². The number of carboxylic acid groups (broad SMARTS) is 1. The van der Waals surface area contributed by atoms with Gasteiger partial charge < -0.3 is 15.5 Å². The van der Waals surface area contributed by atoms with Crippen molar-refractivity contribution in [1.29, 1.82) is 0 Å². The van der Waals surface area contributed by atoms with Crippen LogP contribution in [0.15, 0.2) is 16.9 Å². The fourth-order valence-corrected chi connectivity index (χ4v) is 1.65. The molecule has 19 heavy (non-hydrogen) atoms. The SMILES string of the molecule is CC(C)NC(=O)C(C)n1c(C(=O)O)cc(O)cc1=O. The molecular weight excluding hydrogens is 252 g/mol. The van der Waals surface area contributed by atoms with Gasteiger partial charge in [0, 0.05) is 18.2 Å². The minimum Gasteiger partial charge on any atom is -0.508 e. The third-order valence-corrected chi connectivity index (χ3v) is 2.47. The molecule has 3 N–H and O–H groups in total. The maximum Gasteiger partial charge on any atom is 0.352 e. The second-order valence-corrected chi connectivity index (χ2v) is 4.45. The molecule has 0 aromatic carbocycles. The van der Waals surface area contributed by atoms with Gasteiger partial charge in [0.25, 0.3) is 5.56 Å². The van der Waals surface area contributed by atoms with Gasteiger partial charge >= 0.3 is 5.97 Å². The predicted octanol–water partition coefficient (Wildman–Crippen LogP) is 0.338. The highest BCUT2D eigenvalue weighted by atomic mass is 16.4. The van der Waals surface area contributed by atoms with Crippen molar-refractivity contribution in [3.8, 4) is 5.75 Å². The maximum absolute atomic E-state index is 11.8. The minimum atomic E-state index is -1.39. The molecule has 1 rings (SSSR count). The van der Waals surface area contributed by atoms with Crippen LogP contribution >= 0.6 is 0 Å². The summed E-state index contributed by atoms with van der Waals surface area (Å²) >= 11 is 0. The molecule has 0 bridgehead atoms. The Morgan fingerprint density at radius 3 is 2.32 bits per heavy atom. The van der Waals surface area contributed by atoms with E-state index in [2.05, 4.69) is 5.32 Å². The first kappa shape index (κ1) is 14.7. The van der Waals surface area contributed by atoms with Crippen molar-refractivity contribution < 1.29 is 19.8 Å². The summed E-state index contributed by atoms with van der Waals surface area (Å²) in [6.45, 7) is 4.92. The van der Waals surface area contributed by atoms with Crippen LogP contribution in [0.5, 0.6) is 5.75 Å². The van der Waals surface area contributed by atoms with Gasteiger partial charge in [0.05, 0.1) is 0 Å². The van der Waals surface area contributed by atoms with Crippen molar-refractivity contribution >= 4 is 11.9 Å². The lowest BCUT2D eigenvalue weighted by Gasteiger charge is -2.19. The van der Waals surface area contributed by atoms with E-state index in [9.17, 15) is 19.5 Å². The smallest absolute Gasteiger partial charge is 0.352 e. The summed E-state index contributed by atoms with van der Waals surface area (Å²) in [5.74, 6) is -2.31. The van der Waals surface area contributed by atoms with Crippen LogP contribution in [0.4, 0.5) is 0 Å². The van der Waals surface area contributed by atoms with Crippen LogP contribution in [0.1, 0.15) is 37.3 Å². The molecule has 1 aromatic rings. The molecule has 1 unspecified atom stereocenters. The Morgan fingerprint density at radius 1 is 1.26 bits per heavy atom. The molecule has 1 amide bonds. The number of hydrogen-bond donors (Lipinski definition) is 3. The van der Waals surface area contributed by atoms with E-state index in [0.717, 1.165) is 16.7 Å². The molecule has 7 heteroatoms. The third kappa shape index (κ3) is 3.34. The summed E-state index contributed by atoms with van der Waals surface area (Å²) in [5.41, 5.74) is -1.18. The molecule has 0 saturated carbocycles. The summed E-state index contributed by atoms with van der Waals surface area (Å²) in [5, 5.41) is 20.9. The van der Waals surface area contributed by atoms with E-state index in [4.69, 9.17) is 5.11 Å². The maximum atomic E-state index is 11.8. The molecule has 0 radical (unpaired) electrons. The molecule has 1 atom stereocenters. The number of aromatic carboxylic acids is 1. The summed E-state index contributed by atoms with van der Waals surface area (Å²) in [4.78, 5) is 34.7. The molecule has 0 saturated heterocycles. The Labute approximate surface area is 109 Å². The molecule has 0 spiro atoms. The molecule has 0 aliphatic carbocycles. The molecule has 0 aliphatic rings. The van der Waals surface area contributed by atoms with E-state index < -0.39 is 34.9 Å². The number of aromatic hydroxyl groups is 1. The highest BCUT2D eigenvalue weighted by Gasteiger charge is 2.23. The molecule has 1 aromatic heterocycles. The lowest BCUT2D eigenvalue weighted by molar-refractivity contribution is -0.124. The average Bonchev–Trinajstić information content (AvgIpc) is 2.25. The topological polar surface area (TPSA) is 109 Å². The number of pyridine rings is 1. The number of amides is 1. The normalized spacial score (nSPS) is 12.2. The Bertz CT molecular complexity index is 562. The van der Waals surface area contributed by atoms with Crippen LogP contribution in [-0.2, 0) is 4.79 Å². The standard InChI is InChI=1S/C12H16N2O5/c1-6(2)13-11(17)7(3)14-9(12(18)19)4-8(15)5-10(14)16/h4-7,15H,1-3H3,(H,13,17)(H,18,19). The minimum absolute atomic E-state index is 0.129. The number of carbonyl (C=O) groups is 2. The van der Waals surface area contributed by atoms with Crippen LogP contribution in [0, 0.1) is 0 Å². The van der Waals surface area contributed by atoms with E-state index in [0.29, 0.717) is 0 Å². The van der Waals surface area contributed by atoms with Crippen LogP contribution < -0.4 is 10.9 Å². The number of carboxylic acids is 1. The number of hydrogen-bond acceptors (Lipinski definition) is 4. The first-order valence-corrected chi connectivity index (χ1v) is 5.73. The lowest BCUT2D eigenvalue weighted by atomic mass is 10.2. The van der Waals surface area contributed by atoms with Crippen molar-refractivity contribution in [2.75, 3.05) is 0 Å². The average molecular weight is 268 g/mol. The second kappa shape index (κ2) is 5.55. The molecule has 104 valence electrons. The zero-order chi connectivity index (χ0) is 14.7. The third-order valence-electron chi connectivity index (χ3n) is 2.47. The van der Waals surface area contributed by atoms with Gasteiger partial charge in [-0.25, -0.2) is 4.79 Å². The Hall–Kier alpha value is -2.31. The van der Waals surface area contributed by atoms with E-state index >= 15 is 0 Å². The number of nitrogens with zero attached hydrogens (tertiary/aromatic N) is 1. The van der Waals surface area contributed by atoms with Gasteiger partial charge in [-0.05, 0) is 20.8 Å². The molecular formula is C12H16N2O5. The van der Waals surface area contributed by atoms with Crippen molar-refractivity contribution in [3.05, 3.63) is 28.2 Å². The zero-order valence-electron chi connectivity index (χ0n) is 10.9. The molecule has 7 nitrogen and oxygen atoms in total. The molecule has 0 fully saturated rings. The van der Waals surface area contributed by atoms with Crippen LogP contribution in [-0.4, -0.2) is 32.7 Å². The molecule has 1 heterocycles. The Balaban J connectivity index is 3.30. The van der Waals surface area contributed by atoms with Crippen molar-refractivity contribution in [2.24, 2.45) is 0 Å². The predicted molar refractivity (Wildman–Crippen MR) is 67.3 cm³/mol. The number of nitrogens with one attached hydrogen (secondary N) is 1. The first-order valence-electron chi connectivity index (χ1n) is 5.73. The van der Waals surface area contributed by atoms with Crippen LogP contribution in [0.25, 0.3) is 0 Å². The Morgan fingerprint density at radius 2 is 1.84 bits per heavy atom. The second-order valence-electron chi connectivity index (χ2n) is 4.45. The van der Waals surface area contributed by atoms with Crippen molar-refractivity contribution in [2.45, 2.75) is 32.9 Å². The number of carbonyl (C=O) groups excluding carboxylic acids is 1. The van der Waals surface area contributed by atoms with Crippen LogP contribution in [0.3, 0.4) is 0 Å². The van der Waals surface area contributed by atoms with Crippen molar-refractivity contribution in [1.82, 2.24) is 9.88 Å². The monoisotopic (exact) mass is 268 g/mol. The van der Waals surface area contributed by atoms with Gasteiger partial charge in [-0.2, -0.15) is 0 Å². The summed E-state index contributed by atoms with van der Waals surface area (Å²) in [6.07, 6.45) is 0. The van der Waals surface area contributed by atoms with Gasteiger partial charge in [-0.15, -0.1) is 0 Å². The number of rotatable bonds is 4. The van der Waals surface area contributed by atoms with Gasteiger partial charge in [0.15, 0.2) is 0 Å². The van der Waals surface area contributed by atoms with E-state index in [1.165, 1.54) is 6.92 Å². The lowest BCUT2D eigenvalue weighted by Crippen LogP contribution is -2.40. The fourth-order valence-electron chi connectivity index (χ4n) is 1.65. The largest absolute Gasteiger partial charge is 0.508 e. The number of aromatic nitrogens is 1. The highest BCUT2D eigenvalue weighted by molar-refractivity contribution is 5.88.